The van der Waals surface area contributed by atoms with Crippen LogP contribution in [-0.2, 0) is 14.3 Å². The first-order valence-electron chi connectivity index (χ1n) is 9.08. The molecular formula is C20H24N2O4S. The van der Waals surface area contributed by atoms with Crippen molar-refractivity contribution in [1.82, 2.24) is 4.98 Å². The first-order chi connectivity index (χ1) is 13.2. The van der Waals surface area contributed by atoms with Gasteiger partial charge in [-0.2, -0.15) is 0 Å². The number of rotatable bonds is 8. The van der Waals surface area contributed by atoms with Gasteiger partial charge in [0.25, 0.3) is 5.91 Å². The van der Waals surface area contributed by atoms with Gasteiger partial charge in [0, 0.05) is 36.1 Å². The highest BCUT2D eigenvalue weighted by Crippen LogP contribution is 2.41. The average molecular weight is 388 g/mol. The largest absolute Gasteiger partial charge is 0.459 e. The van der Waals surface area contributed by atoms with E-state index in [2.05, 4.69) is 16.4 Å². The minimum atomic E-state index is -0.534. The second kappa shape index (κ2) is 9.64. The normalized spacial score (nSPS) is 22.0. The van der Waals surface area contributed by atoms with E-state index >= 15 is 0 Å². The number of aliphatic hydroxyl groups is 1. The number of aromatic nitrogens is 1. The number of carbonyl (C=O) groups is 1. The van der Waals surface area contributed by atoms with Crippen LogP contribution in [0.25, 0.3) is 0 Å². The van der Waals surface area contributed by atoms with Gasteiger partial charge in [0.1, 0.15) is 0 Å². The molecule has 144 valence electrons. The van der Waals surface area contributed by atoms with E-state index in [0.29, 0.717) is 18.7 Å². The summed E-state index contributed by atoms with van der Waals surface area (Å²) in [4.78, 5) is 17.9. The average Bonchev–Trinajstić information content (AvgIpc) is 3.22. The second-order valence-electron chi connectivity index (χ2n) is 6.24. The third kappa shape index (κ3) is 4.94. The lowest BCUT2D eigenvalue weighted by molar-refractivity contribution is -0.164. The van der Waals surface area contributed by atoms with Crippen molar-refractivity contribution >= 4 is 22.9 Å². The van der Waals surface area contributed by atoms with E-state index < -0.39 is 6.29 Å². The van der Waals surface area contributed by atoms with E-state index in [0.717, 1.165) is 11.3 Å². The molecule has 3 rings (SSSR count). The summed E-state index contributed by atoms with van der Waals surface area (Å²) in [7, 11) is 0. The number of allylic oxidation sites excluding steroid dienone is 1. The zero-order valence-electron chi connectivity index (χ0n) is 15.2. The zero-order valence-corrected chi connectivity index (χ0v) is 16.0. The van der Waals surface area contributed by atoms with Crippen molar-refractivity contribution in [3.05, 3.63) is 58.8 Å². The van der Waals surface area contributed by atoms with E-state index in [4.69, 9.17) is 9.47 Å². The van der Waals surface area contributed by atoms with Crippen molar-refractivity contribution in [3.8, 4) is 0 Å². The van der Waals surface area contributed by atoms with Gasteiger partial charge in [-0.1, -0.05) is 6.07 Å². The summed E-state index contributed by atoms with van der Waals surface area (Å²) in [5.41, 5.74) is 0.607. The highest BCUT2D eigenvalue weighted by atomic mass is 32.1. The SMILES string of the molecule is CCO[C@H]1OC(C(=O)Nc2cccnc2)=C[C@@H](c2cccs2)[C@@H]1CCCO. The number of nitrogens with zero attached hydrogens (tertiary/aromatic N) is 1. The Labute approximate surface area is 162 Å². The fourth-order valence-corrected chi connectivity index (χ4v) is 4.08. The minimum Gasteiger partial charge on any atom is -0.459 e. The molecule has 0 aliphatic carbocycles. The number of nitrogens with one attached hydrogen (secondary N) is 1. The molecule has 0 saturated heterocycles. The van der Waals surface area contributed by atoms with Crippen molar-refractivity contribution in [2.75, 3.05) is 18.5 Å². The maximum atomic E-state index is 12.7. The van der Waals surface area contributed by atoms with Gasteiger partial charge in [0.2, 0.25) is 6.29 Å². The molecule has 27 heavy (non-hydrogen) atoms. The Bertz CT molecular complexity index is 749. The molecule has 1 aliphatic rings. The van der Waals surface area contributed by atoms with Crippen molar-refractivity contribution < 1.29 is 19.4 Å². The molecule has 0 spiro atoms. The summed E-state index contributed by atoms with van der Waals surface area (Å²) in [6, 6.07) is 7.59. The summed E-state index contributed by atoms with van der Waals surface area (Å²) < 4.78 is 11.7. The van der Waals surface area contributed by atoms with E-state index in [1.807, 2.05) is 24.4 Å². The van der Waals surface area contributed by atoms with E-state index in [9.17, 15) is 9.90 Å². The predicted octanol–water partition coefficient (Wildman–Crippen LogP) is 3.53. The molecule has 0 aromatic carbocycles. The van der Waals surface area contributed by atoms with Crippen molar-refractivity contribution in [2.45, 2.75) is 32.0 Å². The van der Waals surface area contributed by atoms with Gasteiger partial charge in [-0.15, -0.1) is 11.3 Å². The first-order valence-corrected chi connectivity index (χ1v) is 9.96. The number of carbonyl (C=O) groups excluding carboxylic acids is 1. The quantitative estimate of drug-likeness (QED) is 0.723. The Kier molecular flexibility index (Phi) is 6.98. The van der Waals surface area contributed by atoms with Gasteiger partial charge in [-0.25, -0.2) is 0 Å². The van der Waals surface area contributed by atoms with Crippen molar-refractivity contribution in [3.63, 3.8) is 0 Å². The number of hydrogen-bond acceptors (Lipinski definition) is 6. The van der Waals surface area contributed by atoms with Crippen LogP contribution in [-0.4, -0.2) is 35.5 Å². The van der Waals surface area contributed by atoms with Crippen LogP contribution in [0.4, 0.5) is 5.69 Å². The summed E-state index contributed by atoms with van der Waals surface area (Å²) in [5, 5.41) is 14.1. The van der Waals surface area contributed by atoms with E-state index in [1.165, 1.54) is 0 Å². The summed E-state index contributed by atoms with van der Waals surface area (Å²) in [5.74, 6) is -0.0481. The van der Waals surface area contributed by atoms with Crippen LogP contribution in [0.15, 0.2) is 53.9 Å². The van der Waals surface area contributed by atoms with Crippen LogP contribution in [0.2, 0.25) is 0 Å². The Morgan fingerprint density at radius 3 is 2.96 bits per heavy atom. The topological polar surface area (TPSA) is 80.7 Å². The fourth-order valence-electron chi connectivity index (χ4n) is 3.20. The number of ether oxygens (including phenoxy) is 2. The van der Waals surface area contributed by atoms with Gasteiger partial charge in [0.15, 0.2) is 5.76 Å². The summed E-state index contributed by atoms with van der Waals surface area (Å²) in [6.45, 7) is 2.50. The number of anilines is 1. The number of thiophene rings is 1. The summed E-state index contributed by atoms with van der Waals surface area (Å²) in [6.07, 6.45) is 5.98. The highest BCUT2D eigenvalue weighted by Gasteiger charge is 2.38. The predicted molar refractivity (Wildman–Crippen MR) is 104 cm³/mol. The van der Waals surface area contributed by atoms with Crippen LogP contribution in [0.1, 0.15) is 30.6 Å². The van der Waals surface area contributed by atoms with Gasteiger partial charge in [0.05, 0.1) is 11.9 Å². The molecule has 3 heterocycles. The minimum absolute atomic E-state index is 0.00324. The molecule has 6 nitrogen and oxygen atoms in total. The molecule has 7 heteroatoms. The third-order valence-corrected chi connectivity index (χ3v) is 5.40. The number of hydrogen-bond donors (Lipinski definition) is 2. The van der Waals surface area contributed by atoms with Crippen LogP contribution < -0.4 is 5.32 Å². The first kappa shape index (κ1) is 19.5. The molecule has 0 radical (unpaired) electrons. The smallest absolute Gasteiger partial charge is 0.290 e. The lowest BCUT2D eigenvalue weighted by Gasteiger charge is -2.36. The van der Waals surface area contributed by atoms with Gasteiger partial charge >= 0.3 is 0 Å². The molecule has 1 aliphatic heterocycles. The maximum Gasteiger partial charge on any atom is 0.290 e. The number of pyridine rings is 1. The van der Waals surface area contributed by atoms with Crippen molar-refractivity contribution in [1.29, 1.82) is 0 Å². The van der Waals surface area contributed by atoms with Gasteiger partial charge < -0.3 is 19.9 Å². The lowest BCUT2D eigenvalue weighted by Crippen LogP contribution is -2.37. The highest BCUT2D eigenvalue weighted by molar-refractivity contribution is 7.10. The Morgan fingerprint density at radius 1 is 1.41 bits per heavy atom. The molecule has 0 fully saturated rings. The van der Waals surface area contributed by atoms with Gasteiger partial charge in [-0.05, 0) is 49.4 Å². The lowest BCUT2D eigenvalue weighted by atomic mass is 9.84. The van der Waals surface area contributed by atoms with E-state index in [-0.39, 0.29) is 30.1 Å². The third-order valence-electron chi connectivity index (χ3n) is 4.43. The molecule has 2 N–H and O–H groups in total. The Hall–Kier alpha value is -2.22. The van der Waals surface area contributed by atoms with E-state index in [1.54, 1.807) is 35.9 Å². The molecule has 3 atom stereocenters. The monoisotopic (exact) mass is 388 g/mol. The maximum absolute atomic E-state index is 12.7. The van der Waals surface area contributed by atoms with Crippen LogP contribution in [0.5, 0.6) is 0 Å². The Balaban J connectivity index is 1.87. The number of aliphatic hydroxyl groups excluding tert-OH is 1. The molecular weight excluding hydrogens is 364 g/mol. The molecule has 0 bridgehead atoms. The number of amides is 1. The van der Waals surface area contributed by atoms with Gasteiger partial charge in [-0.3, -0.25) is 9.78 Å². The Morgan fingerprint density at radius 2 is 2.30 bits per heavy atom. The molecule has 0 unspecified atom stereocenters. The standard InChI is InChI=1S/C20H24N2O4S/c1-2-25-20-15(7-4-10-23)16(18-8-5-11-27-18)12-17(26-20)19(24)22-14-6-3-9-21-13-14/h3,5-6,8-9,11-13,15-16,20,23H,2,4,7,10H2,1H3,(H,22,24)/t15-,16+,20-/m0/s1. The van der Waals surface area contributed by atoms with Crippen molar-refractivity contribution in [2.24, 2.45) is 5.92 Å². The fraction of sp³-hybridized carbons (Fsp3) is 0.400. The summed E-state index contributed by atoms with van der Waals surface area (Å²) >= 11 is 1.64. The molecule has 2 aromatic rings. The molecule has 2 aromatic heterocycles. The molecule has 0 saturated carbocycles. The second-order valence-corrected chi connectivity index (χ2v) is 7.22. The zero-order chi connectivity index (χ0) is 19.1. The molecule has 1 amide bonds. The van der Waals surface area contributed by atoms with Crippen LogP contribution >= 0.6 is 11.3 Å². The van der Waals surface area contributed by atoms with Crippen LogP contribution in [0.3, 0.4) is 0 Å². The van der Waals surface area contributed by atoms with Crippen LogP contribution in [0, 0.1) is 5.92 Å².